The molecule has 5 nitrogen and oxygen atoms in total. The van der Waals surface area contributed by atoms with E-state index in [-0.39, 0.29) is 5.15 Å². The topological polar surface area (TPSA) is 57.0 Å². The Hall–Kier alpha value is -1.40. The van der Waals surface area contributed by atoms with E-state index in [1.54, 1.807) is 6.33 Å². The molecule has 0 amide bonds. The molecule has 2 aromatic rings. The lowest BCUT2D eigenvalue weighted by atomic mass is 10.0. The van der Waals surface area contributed by atoms with Crippen LogP contribution in [0, 0.1) is 0 Å². The van der Waals surface area contributed by atoms with E-state index in [1.165, 1.54) is 30.6 Å². The van der Waals surface area contributed by atoms with E-state index in [0.717, 1.165) is 25.0 Å². The number of aryl methyl sites for hydroxylation is 1. The van der Waals surface area contributed by atoms with Crippen molar-refractivity contribution in [3.63, 3.8) is 0 Å². The molecule has 100 valence electrons. The predicted octanol–water partition coefficient (Wildman–Crippen LogP) is 2.65. The van der Waals surface area contributed by atoms with Crippen LogP contribution in [-0.2, 0) is 17.6 Å². The number of thiazole rings is 1. The fourth-order valence-corrected chi connectivity index (χ4v) is 3.44. The van der Waals surface area contributed by atoms with Crippen LogP contribution in [0.4, 0.5) is 0 Å². The molecule has 2 aromatic heterocycles. The highest BCUT2D eigenvalue weighted by Gasteiger charge is 2.22. The molecule has 0 saturated carbocycles. The van der Waals surface area contributed by atoms with Gasteiger partial charge in [-0.15, -0.1) is 0 Å². The summed E-state index contributed by atoms with van der Waals surface area (Å²) in [6.07, 6.45) is 6.08. The maximum atomic E-state index is 11.5. The zero-order valence-corrected chi connectivity index (χ0v) is 11.9. The molecule has 0 bridgehead atoms. The Bertz CT molecular complexity index is 635. The maximum absolute atomic E-state index is 11.5. The van der Waals surface area contributed by atoms with Gasteiger partial charge < -0.3 is 4.74 Å². The number of ether oxygens (including phenoxy) is 1. The van der Waals surface area contributed by atoms with Crippen LogP contribution in [0.2, 0.25) is 5.15 Å². The minimum absolute atomic E-state index is 0.185. The number of imidazole rings is 1. The van der Waals surface area contributed by atoms with Gasteiger partial charge in [0.1, 0.15) is 6.33 Å². The first kappa shape index (κ1) is 12.6. The number of rotatable bonds is 2. The van der Waals surface area contributed by atoms with E-state index in [1.807, 2.05) is 4.57 Å². The molecule has 0 atom stereocenters. The van der Waals surface area contributed by atoms with E-state index < -0.39 is 5.97 Å². The molecule has 0 spiro atoms. The third-order valence-electron chi connectivity index (χ3n) is 3.18. The number of nitrogens with zero attached hydrogens (tertiary/aromatic N) is 3. The quantitative estimate of drug-likeness (QED) is 0.800. The molecule has 0 aliphatic heterocycles. The molecule has 3 rings (SSSR count). The minimum atomic E-state index is -0.456. The Labute approximate surface area is 119 Å². The lowest BCUT2D eigenvalue weighted by molar-refractivity contribution is 0.0606. The minimum Gasteiger partial charge on any atom is -0.465 e. The number of halogens is 1. The Balaban J connectivity index is 2.03. The normalized spacial score (nSPS) is 14.2. The molecular weight excluding hydrogens is 286 g/mol. The zero-order valence-electron chi connectivity index (χ0n) is 10.4. The zero-order chi connectivity index (χ0) is 13.4. The van der Waals surface area contributed by atoms with Crippen molar-refractivity contribution in [3.05, 3.63) is 27.7 Å². The van der Waals surface area contributed by atoms with Crippen LogP contribution in [0.5, 0.6) is 0 Å². The molecule has 1 aliphatic carbocycles. The van der Waals surface area contributed by atoms with Gasteiger partial charge in [-0.25, -0.2) is 14.8 Å². The van der Waals surface area contributed by atoms with Crippen molar-refractivity contribution in [2.45, 2.75) is 25.7 Å². The summed E-state index contributed by atoms with van der Waals surface area (Å²) in [5.74, 6) is -0.456. The highest BCUT2D eigenvalue weighted by Crippen LogP contribution is 2.29. The van der Waals surface area contributed by atoms with Gasteiger partial charge in [0.2, 0.25) is 0 Å². The van der Waals surface area contributed by atoms with Gasteiger partial charge in [-0.05, 0) is 25.7 Å². The second-order valence-corrected chi connectivity index (χ2v) is 5.66. The van der Waals surface area contributed by atoms with Gasteiger partial charge in [-0.2, -0.15) is 0 Å². The number of esters is 1. The number of carbonyl (C=O) groups is 1. The lowest BCUT2D eigenvalue weighted by Crippen LogP contribution is -2.06. The summed E-state index contributed by atoms with van der Waals surface area (Å²) >= 11 is 7.21. The third-order valence-corrected chi connectivity index (χ3v) is 4.60. The van der Waals surface area contributed by atoms with Gasteiger partial charge in [-0.3, -0.25) is 4.57 Å². The van der Waals surface area contributed by atoms with Crippen LogP contribution in [-0.4, -0.2) is 27.6 Å². The van der Waals surface area contributed by atoms with Crippen molar-refractivity contribution >= 4 is 28.9 Å². The molecule has 0 fully saturated rings. The Morgan fingerprint density at radius 2 is 2.26 bits per heavy atom. The molecule has 1 aliphatic rings. The van der Waals surface area contributed by atoms with Gasteiger partial charge in [0.05, 0.1) is 12.8 Å². The molecule has 2 heterocycles. The van der Waals surface area contributed by atoms with Crippen LogP contribution in [0.15, 0.2) is 6.33 Å². The summed E-state index contributed by atoms with van der Waals surface area (Å²) in [5, 5.41) is 0.853. The molecule has 0 radical (unpaired) electrons. The lowest BCUT2D eigenvalue weighted by Gasteiger charge is -2.11. The van der Waals surface area contributed by atoms with Crippen LogP contribution >= 0.6 is 22.9 Å². The van der Waals surface area contributed by atoms with Gasteiger partial charge in [0.15, 0.2) is 15.2 Å². The Morgan fingerprint density at radius 3 is 3.05 bits per heavy atom. The summed E-state index contributed by atoms with van der Waals surface area (Å²) in [5.41, 5.74) is 2.30. The number of hydrogen-bond donors (Lipinski definition) is 0. The third kappa shape index (κ3) is 2.15. The molecule has 7 heteroatoms. The molecule has 0 saturated heterocycles. The Kier molecular flexibility index (Phi) is 3.28. The first-order chi connectivity index (χ1) is 9.20. The van der Waals surface area contributed by atoms with Crippen molar-refractivity contribution < 1.29 is 9.53 Å². The van der Waals surface area contributed by atoms with Crippen molar-refractivity contribution in [1.82, 2.24) is 14.5 Å². The van der Waals surface area contributed by atoms with Gasteiger partial charge in [-0.1, -0.05) is 22.9 Å². The maximum Gasteiger partial charge on any atom is 0.351 e. The van der Waals surface area contributed by atoms with E-state index >= 15 is 0 Å². The summed E-state index contributed by atoms with van der Waals surface area (Å²) in [7, 11) is 1.33. The van der Waals surface area contributed by atoms with Crippen molar-refractivity contribution in [1.29, 1.82) is 0 Å². The number of fused-ring (bicyclic) bond motifs is 1. The van der Waals surface area contributed by atoms with Gasteiger partial charge >= 0.3 is 5.97 Å². The van der Waals surface area contributed by atoms with Gasteiger partial charge in [0.25, 0.3) is 0 Å². The summed E-state index contributed by atoms with van der Waals surface area (Å²) in [6, 6.07) is 0. The standard InChI is InChI=1S/C12H12ClN3O2S/c1-18-11(17)9-10(13)15-12(19-9)16-6-14-7-4-2-3-5-8(7)16/h6H,2-5H2,1H3. The number of hydrogen-bond acceptors (Lipinski definition) is 5. The second-order valence-electron chi connectivity index (χ2n) is 4.32. The van der Waals surface area contributed by atoms with Crippen LogP contribution in [0.1, 0.15) is 33.9 Å². The van der Waals surface area contributed by atoms with Crippen LogP contribution in [0.25, 0.3) is 5.13 Å². The molecule has 0 unspecified atom stereocenters. The number of methoxy groups -OCH3 is 1. The molecule has 0 aromatic carbocycles. The largest absolute Gasteiger partial charge is 0.465 e. The highest BCUT2D eigenvalue weighted by molar-refractivity contribution is 7.16. The highest BCUT2D eigenvalue weighted by atomic mass is 35.5. The molecular formula is C12H12ClN3O2S. The average molecular weight is 298 g/mol. The van der Waals surface area contributed by atoms with E-state index in [0.29, 0.717) is 10.0 Å². The smallest absolute Gasteiger partial charge is 0.351 e. The van der Waals surface area contributed by atoms with Crippen LogP contribution < -0.4 is 0 Å². The second kappa shape index (κ2) is 4.94. The van der Waals surface area contributed by atoms with E-state index in [4.69, 9.17) is 11.6 Å². The first-order valence-corrected chi connectivity index (χ1v) is 7.20. The molecule has 0 N–H and O–H groups in total. The van der Waals surface area contributed by atoms with Crippen molar-refractivity contribution in [2.24, 2.45) is 0 Å². The Morgan fingerprint density at radius 1 is 1.47 bits per heavy atom. The van der Waals surface area contributed by atoms with E-state index in [9.17, 15) is 4.79 Å². The summed E-state index contributed by atoms with van der Waals surface area (Å²) < 4.78 is 6.61. The first-order valence-electron chi connectivity index (χ1n) is 6.01. The SMILES string of the molecule is COC(=O)c1sc(-n2cnc3c2CCCC3)nc1Cl. The monoisotopic (exact) mass is 297 g/mol. The van der Waals surface area contributed by atoms with Gasteiger partial charge in [0, 0.05) is 5.69 Å². The summed E-state index contributed by atoms with van der Waals surface area (Å²) in [4.78, 5) is 20.5. The predicted molar refractivity (Wildman–Crippen MR) is 72.2 cm³/mol. The average Bonchev–Trinajstić information content (AvgIpc) is 3.01. The van der Waals surface area contributed by atoms with E-state index in [2.05, 4.69) is 14.7 Å². The summed E-state index contributed by atoms with van der Waals surface area (Å²) in [6.45, 7) is 0. The van der Waals surface area contributed by atoms with Crippen molar-refractivity contribution in [2.75, 3.05) is 7.11 Å². The fourth-order valence-electron chi connectivity index (χ4n) is 2.25. The fraction of sp³-hybridized carbons (Fsp3) is 0.417. The number of aromatic nitrogens is 3. The number of carbonyl (C=O) groups excluding carboxylic acids is 1. The molecule has 19 heavy (non-hydrogen) atoms. The van der Waals surface area contributed by atoms with Crippen molar-refractivity contribution in [3.8, 4) is 5.13 Å². The van der Waals surface area contributed by atoms with Crippen LogP contribution in [0.3, 0.4) is 0 Å².